The van der Waals surface area contributed by atoms with E-state index in [1.54, 1.807) is 0 Å². The first-order chi connectivity index (χ1) is 12.5. The zero-order valence-corrected chi connectivity index (χ0v) is 16.8. The molecule has 0 unspecified atom stereocenters. The minimum absolute atomic E-state index is 0.0837. The smallest absolute Gasteiger partial charge is 0.220 e. The molecule has 0 saturated carbocycles. The fourth-order valence-corrected chi connectivity index (χ4v) is 3.31. The van der Waals surface area contributed by atoms with E-state index < -0.39 is 0 Å². The highest BCUT2D eigenvalue weighted by atomic mass is 16.5. The molecule has 1 amide bonds. The van der Waals surface area contributed by atoms with Crippen LogP contribution in [0.1, 0.15) is 55.1 Å². The van der Waals surface area contributed by atoms with Crippen molar-refractivity contribution in [3.8, 4) is 0 Å². The lowest BCUT2D eigenvalue weighted by molar-refractivity contribution is -0.121. The minimum atomic E-state index is 0.0837. The number of amides is 1. The Bertz CT molecular complexity index is 752. The molecule has 0 aliphatic heterocycles. The fourth-order valence-electron chi connectivity index (χ4n) is 3.31. The standard InChI is InChI=1S/C20H32N4O2/c1-6-7-12-26-13-8-11-21-18(25)10-9-17-14(2)19-16(4)23-24(5)20(19)22-15(17)3/h6-13H2,1-5H3,(H,21,25). The number of unbranched alkanes of at least 4 members (excludes halogenated alkanes) is 1. The Balaban J connectivity index is 1.85. The Labute approximate surface area is 156 Å². The number of rotatable bonds is 10. The van der Waals surface area contributed by atoms with Crippen LogP contribution >= 0.6 is 0 Å². The summed E-state index contributed by atoms with van der Waals surface area (Å²) in [6, 6.07) is 0. The first-order valence-corrected chi connectivity index (χ1v) is 9.59. The van der Waals surface area contributed by atoms with Gasteiger partial charge in [-0.2, -0.15) is 5.10 Å². The molecule has 2 rings (SSSR count). The first-order valence-electron chi connectivity index (χ1n) is 9.59. The van der Waals surface area contributed by atoms with Crippen molar-refractivity contribution in [1.29, 1.82) is 0 Å². The van der Waals surface area contributed by atoms with Gasteiger partial charge in [-0.15, -0.1) is 0 Å². The summed E-state index contributed by atoms with van der Waals surface area (Å²) < 4.78 is 7.33. The number of carbonyl (C=O) groups excluding carboxylic acids is 1. The van der Waals surface area contributed by atoms with Crippen LogP contribution in [0, 0.1) is 20.8 Å². The van der Waals surface area contributed by atoms with Crippen molar-refractivity contribution in [2.24, 2.45) is 7.05 Å². The lowest BCUT2D eigenvalue weighted by atomic mass is 9.99. The fraction of sp³-hybridized carbons (Fsp3) is 0.650. The molecule has 0 fully saturated rings. The number of ether oxygens (including phenoxy) is 1. The summed E-state index contributed by atoms with van der Waals surface area (Å²) in [4.78, 5) is 16.8. The normalized spacial score (nSPS) is 11.3. The van der Waals surface area contributed by atoms with Gasteiger partial charge in [0.1, 0.15) is 0 Å². The Morgan fingerprint density at radius 3 is 2.62 bits per heavy atom. The Morgan fingerprint density at radius 2 is 1.88 bits per heavy atom. The largest absolute Gasteiger partial charge is 0.381 e. The average Bonchev–Trinajstić information content (AvgIpc) is 2.87. The van der Waals surface area contributed by atoms with E-state index in [0.29, 0.717) is 26.0 Å². The van der Waals surface area contributed by atoms with Gasteiger partial charge in [-0.25, -0.2) is 4.98 Å². The molecule has 0 atom stereocenters. The molecule has 0 spiro atoms. The second-order valence-electron chi connectivity index (χ2n) is 6.88. The molecule has 144 valence electrons. The molecule has 6 heteroatoms. The van der Waals surface area contributed by atoms with Crippen molar-refractivity contribution in [2.45, 2.75) is 59.8 Å². The molecule has 0 saturated heterocycles. The van der Waals surface area contributed by atoms with Crippen LogP contribution in [0.15, 0.2) is 0 Å². The number of aryl methyl sites for hydroxylation is 4. The van der Waals surface area contributed by atoms with E-state index in [1.165, 1.54) is 5.56 Å². The van der Waals surface area contributed by atoms with Gasteiger partial charge in [0, 0.05) is 44.3 Å². The maximum absolute atomic E-state index is 12.1. The van der Waals surface area contributed by atoms with E-state index in [2.05, 4.69) is 24.3 Å². The summed E-state index contributed by atoms with van der Waals surface area (Å²) in [5.41, 5.74) is 5.23. The number of hydrogen-bond acceptors (Lipinski definition) is 4. The van der Waals surface area contributed by atoms with Crippen LogP contribution in [0.5, 0.6) is 0 Å². The van der Waals surface area contributed by atoms with Crippen molar-refractivity contribution in [3.63, 3.8) is 0 Å². The molecule has 0 aliphatic rings. The Kier molecular flexibility index (Phi) is 7.57. The molecule has 6 nitrogen and oxygen atoms in total. The van der Waals surface area contributed by atoms with Gasteiger partial charge >= 0.3 is 0 Å². The van der Waals surface area contributed by atoms with E-state index in [1.807, 2.05) is 25.6 Å². The number of aromatic nitrogens is 3. The highest BCUT2D eigenvalue weighted by molar-refractivity contribution is 5.84. The van der Waals surface area contributed by atoms with Crippen LogP contribution in [-0.4, -0.2) is 40.4 Å². The van der Waals surface area contributed by atoms with E-state index in [4.69, 9.17) is 9.72 Å². The zero-order valence-electron chi connectivity index (χ0n) is 16.8. The van der Waals surface area contributed by atoms with Crippen molar-refractivity contribution < 1.29 is 9.53 Å². The summed E-state index contributed by atoms with van der Waals surface area (Å²) >= 11 is 0. The van der Waals surface area contributed by atoms with E-state index in [-0.39, 0.29) is 5.91 Å². The van der Waals surface area contributed by atoms with Gasteiger partial charge in [0.25, 0.3) is 0 Å². The van der Waals surface area contributed by atoms with Crippen LogP contribution in [-0.2, 0) is 23.0 Å². The SMILES string of the molecule is CCCCOCCCNC(=O)CCc1c(C)nc2c(c(C)nn2C)c1C. The quantitative estimate of drug-likeness (QED) is 0.661. The van der Waals surface area contributed by atoms with Crippen molar-refractivity contribution >= 4 is 16.9 Å². The minimum Gasteiger partial charge on any atom is -0.381 e. The molecular formula is C20H32N4O2. The first kappa shape index (κ1) is 20.4. The van der Waals surface area contributed by atoms with Gasteiger partial charge in [-0.05, 0) is 51.2 Å². The summed E-state index contributed by atoms with van der Waals surface area (Å²) in [5, 5.41) is 8.56. The highest BCUT2D eigenvalue weighted by Crippen LogP contribution is 2.25. The second kappa shape index (κ2) is 9.67. The van der Waals surface area contributed by atoms with Crippen LogP contribution in [0.4, 0.5) is 0 Å². The van der Waals surface area contributed by atoms with E-state index in [9.17, 15) is 4.79 Å². The molecule has 2 aromatic heterocycles. The maximum atomic E-state index is 12.1. The van der Waals surface area contributed by atoms with Gasteiger partial charge < -0.3 is 10.1 Å². The monoisotopic (exact) mass is 360 g/mol. The molecule has 2 aromatic rings. The van der Waals surface area contributed by atoms with Crippen molar-refractivity contribution in [2.75, 3.05) is 19.8 Å². The number of nitrogens with one attached hydrogen (secondary N) is 1. The predicted molar refractivity (Wildman–Crippen MR) is 104 cm³/mol. The Morgan fingerprint density at radius 1 is 1.15 bits per heavy atom. The molecule has 0 bridgehead atoms. The van der Waals surface area contributed by atoms with Crippen molar-refractivity contribution in [3.05, 3.63) is 22.5 Å². The lowest BCUT2D eigenvalue weighted by Crippen LogP contribution is -2.25. The molecule has 0 aromatic carbocycles. The highest BCUT2D eigenvalue weighted by Gasteiger charge is 2.15. The summed E-state index contributed by atoms with van der Waals surface area (Å²) in [7, 11) is 1.92. The van der Waals surface area contributed by atoms with Crippen molar-refractivity contribution in [1.82, 2.24) is 20.1 Å². The van der Waals surface area contributed by atoms with Crippen LogP contribution in [0.25, 0.3) is 11.0 Å². The second-order valence-corrected chi connectivity index (χ2v) is 6.88. The summed E-state index contributed by atoms with van der Waals surface area (Å²) in [6.45, 7) is 10.5. The van der Waals surface area contributed by atoms with Gasteiger partial charge in [-0.1, -0.05) is 13.3 Å². The van der Waals surface area contributed by atoms with Crippen LogP contribution in [0.2, 0.25) is 0 Å². The van der Waals surface area contributed by atoms with E-state index >= 15 is 0 Å². The zero-order chi connectivity index (χ0) is 19.1. The topological polar surface area (TPSA) is 69.0 Å². The molecule has 26 heavy (non-hydrogen) atoms. The summed E-state index contributed by atoms with van der Waals surface area (Å²) in [5.74, 6) is 0.0837. The lowest BCUT2D eigenvalue weighted by Gasteiger charge is -2.11. The summed E-state index contributed by atoms with van der Waals surface area (Å²) in [6.07, 6.45) is 4.28. The number of pyridine rings is 1. The molecule has 2 heterocycles. The molecule has 1 N–H and O–H groups in total. The maximum Gasteiger partial charge on any atom is 0.220 e. The predicted octanol–water partition coefficient (Wildman–Crippen LogP) is 3.15. The van der Waals surface area contributed by atoms with Gasteiger partial charge in [0.2, 0.25) is 5.91 Å². The van der Waals surface area contributed by atoms with Crippen LogP contribution < -0.4 is 5.32 Å². The Hall–Kier alpha value is -1.95. The molecule has 0 aliphatic carbocycles. The van der Waals surface area contributed by atoms with Crippen LogP contribution in [0.3, 0.4) is 0 Å². The van der Waals surface area contributed by atoms with Gasteiger partial charge in [0.05, 0.1) is 5.69 Å². The van der Waals surface area contributed by atoms with E-state index in [0.717, 1.165) is 53.9 Å². The number of nitrogens with zero attached hydrogens (tertiary/aromatic N) is 3. The average molecular weight is 361 g/mol. The number of fused-ring (bicyclic) bond motifs is 1. The third-order valence-corrected chi connectivity index (χ3v) is 4.76. The molecule has 0 radical (unpaired) electrons. The van der Waals surface area contributed by atoms with Gasteiger partial charge in [0.15, 0.2) is 5.65 Å². The number of hydrogen-bond donors (Lipinski definition) is 1. The van der Waals surface area contributed by atoms with Gasteiger partial charge in [-0.3, -0.25) is 9.48 Å². The third kappa shape index (κ3) is 5.04. The molecular weight excluding hydrogens is 328 g/mol. The number of carbonyl (C=O) groups is 1. The third-order valence-electron chi connectivity index (χ3n) is 4.76.